The topological polar surface area (TPSA) is 97.2 Å². The fourth-order valence-electron chi connectivity index (χ4n) is 4.09. The Hall–Kier alpha value is -2.76. The van der Waals surface area contributed by atoms with E-state index in [1.165, 1.54) is 12.1 Å². The fraction of sp³-hybridized carbons (Fsp3) is 0.500. The van der Waals surface area contributed by atoms with Gasteiger partial charge in [0.25, 0.3) is 5.56 Å². The van der Waals surface area contributed by atoms with Crippen molar-refractivity contribution in [3.63, 3.8) is 0 Å². The summed E-state index contributed by atoms with van der Waals surface area (Å²) in [6.45, 7) is 3.33. The lowest BCUT2D eigenvalue weighted by Gasteiger charge is -2.31. The van der Waals surface area contributed by atoms with E-state index in [1.807, 2.05) is 11.0 Å². The molecule has 2 saturated heterocycles. The summed E-state index contributed by atoms with van der Waals surface area (Å²) in [6.07, 6.45) is 5.12. The zero-order valence-corrected chi connectivity index (χ0v) is 16.9. The summed E-state index contributed by atoms with van der Waals surface area (Å²) in [4.78, 5) is 19.9. The molecule has 2 fully saturated rings. The number of hydrogen-bond donors (Lipinski definition) is 1. The summed E-state index contributed by atoms with van der Waals surface area (Å²) >= 11 is 0. The molecule has 0 atom stereocenters. The maximum Gasteiger partial charge on any atom is 0.293 e. The Morgan fingerprint density at radius 2 is 1.97 bits per heavy atom. The van der Waals surface area contributed by atoms with Crippen LogP contribution in [0.5, 0.6) is 0 Å². The number of benzene rings is 1. The van der Waals surface area contributed by atoms with Crippen molar-refractivity contribution in [1.82, 2.24) is 9.55 Å². The average Bonchev–Trinajstić information content (AvgIpc) is 2.76. The number of nitriles is 1. The number of rotatable bonds is 4. The van der Waals surface area contributed by atoms with E-state index < -0.39 is 5.82 Å². The summed E-state index contributed by atoms with van der Waals surface area (Å²) in [5, 5.41) is 9.00. The van der Waals surface area contributed by atoms with E-state index in [1.54, 1.807) is 16.8 Å². The second kappa shape index (κ2) is 8.94. The molecule has 2 aliphatic heterocycles. The van der Waals surface area contributed by atoms with E-state index in [-0.39, 0.29) is 17.2 Å². The van der Waals surface area contributed by atoms with Gasteiger partial charge in [-0.3, -0.25) is 4.79 Å². The van der Waals surface area contributed by atoms with Crippen molar-refractivity contribution in [2.75, 3.05) is 31.2 Å². The molecule has 0 aliphatic carbocycles. The standard InChI is InChI=1S/C22H26FN5O2/c23-19-11-16(1-2-17(19)12-24)20-14-28(13-15-5-9-30-10-6-15)22(29)21(26-20)27-7-3-18(25)4-8-27/h1-2,11,14-15,18H,3-10,13,25H2. The van der Waals surface area contributed by atoms with Gasteiger partial charge in [-0.2, -0.15) is 5.26 Å². The van der Waals surface area contributed by atoms with Gasteiger partial charge < -0.3 is 19.9 Å². The molecule has 0 saturated carbocycles. The Morgan fingerprint density at radius 1 is 1.23 bits per heavy atom. The average molecular weight is 411 g/mol. The van der Waals surface area contributed by atoms with Crippen LogP contribution in [0.3, 0.4) is 0 Å². The number of nitrogens with zero attached hydrogens (tertiary/aromatic N) is 4. The molecule has 3 heterocycles. The van der Waals surface area contributed by atoms with Crippen LogP contribution < -0.4 is 16.2 Å². The number of nitrogens with two attached hydrogens (primary N) is 1. The van der Waals surface area contributed by atoms with Crippen LogP contribution in [0.4, 0.5) is 10.2 Å². The molecule has 0 bridgehead atoms. The number of aromatic nitrogens is 2. The summed E-state index contributed by atoms with van der Waals surface area (Å²) in [5.41, 5.74) is 6.94. The zero-order chi connectivity index (χ0) is 21.1. The highest BCUT2D eigenvalue weighted by Gasteiger charge is 2.23. The Bertz CT molecular complexity index is 1000. The van der Waals surface area contributed by atoms with Gasteiger partial charge in [0.15, 0.2) is 5.82 Å². The second-order valence-electron chi connectivity index (χ2n) is 8.09. The van der Waals surface area contributed by atoms with E-state index in [0.717, 1.165) is 25.7 Å². The maximum absolute atomic E-state index is 14.2. The highest BCUT2D eigenvalue weighted by Crippen LogP contribution is 2.24. The van der Waals surface area contributed by atoms with Gasteiger partial charge in [0.2, 0.25) is 0 Å². The molecule has 0 spiro atoms. The van der Waals surface area contributed by atoms with E-state index in [0.29, 0.717) is 55.8 Å². The first kappa shape index (κ1) is 20.5. The number of anilines is 1. The molecule has 0 amide bonds. The molecule has 30 heavy (non-hydrogen) atoms. The molecular weight excluding hydrogens is 385 g/mol. The van der Waals surface area contributed by atoms with Gasteiger partial charge in [0.1, 0.15) is 11.9 Å². The van der Waals surface area contributed by atoms with Gasteiger partial charge >= 0.3 is 0 Å². The molecule has 2 aliphatic rings. The highest BCUT2D eigenvalue weighted by atomic mass is 19.1. The zero-order valence-electron chi connectivity index (χ0n) is 16.9. The SMILES string of the molecule is N#Cc1ccc(-c2cn(CC3CCOCC3)c(=O)c(N3CCC(N)CC3)n2)cc1F. The molecule has 0 radical (unpaired) electrons. The minimum absolute atomic E-state index is 0.0143. The summed E-state index contributed by atoms with van der Waals surface area (Å²) in [6, 6.07) is 6.39. The van der Waals surface area contributed by atoms with Crippen LogP contribution in [-0.2, 0) is 11.3 Å². The minimum Gasteiger partial charge on any atom is -0.381 e. The first-order chi connectivity index (χ1) is 14.5. The van der Waals surface area contributed by atoms with E-state index in [4.69, 9.17) is 15.7 Å². The molecule has 4 rings (SSSR count). The number of hydrogen-bond acceptors (Lipinski definition) is 6. The van der Waals surface area contributed by atoms with Crippen LogP contribution >= 0.6 is 0 Å². The van der Waals surface area contributed by atoms with Gasteiger partial charge in [-0.05, 0) is 43.7 Å². The molecule has 0 unspecified atom stereocenters. The summed E-state index contributed by atoms with van der Waals surface area (Å²) in [7, 11) is 0. The van der Waals surface area contributed by atoms with Crippen molar-refractivity contribution in [2.24, 2.45) is 11.7 Å². The Balaban J connectivity index is 1.74. The van der Waals surface area contributed by atoms with Crippen LogP contribution in [0.15, 0.2) is 29.2 Å². The lowest BCUT2D eigenvalue weighted by atomic mass is 10.0. The molecule has 2 N–H and O–H groups in total. The third kappa shape index (κ3) is 4.37. The molecular formula is C22H26FN5O2. The van der Waals surface area contributed by atoms with Gasteiger partial charge in [-0.15, -0.1) is 0 Å². The number of halogens is 1. The largest absolute Gasteiger partial charge is 0.381 e. The Kier molecular flexibility index (Phi) is 6.11. The van der Waals surface area contributed by atoms with E-state index in [9.17, 15) is 9.18 Å². The minimum atomic E-state index is -0.593. The van der Waals surface area contributed by atoms with Crippen LogP contribution in [0.25, 0.3) is 11.3 Å². The van der Waals surface area contributed by atoms with E-state index >= 15 is 0 Å². The Labute approximate surface area is 174 Å². The van der Waals surface area contributed by atoms with E-state index in [2.05, 4.69) is 4.98 Å². The predicted molar refractivity (Wildman–Crippen MR) is 112 cm³/mol. The molecule has 2 aromatic rings. The highest BCUT2D eigenvalue weighted by molar-refractivity contribution is 5.62. The van der Waals surface area contributed by atoms with Crippen molar-refractivity contribution in [3.8, 4) is 17.3 Å². The predicted octanol–water partition coefficient (Wildman–Crippen LogP) is 2.28. The first-order valence-corrected chi connectivity index (χ1v) is 10.4. The van der Waals surface area contributed by atoms with Crippen molar-refractivity contribution < 1.29 is 9.13 Å². The molecule has 8 heteroatoms. The molecule has 1 aromatic heterocycles. The molecule has 1 aromatic carbocycles. The monoisotopic (exact) mass is 411 g/mol. The third-order valence-electron chi connectivity index (χ3n) is 5.98. The number of ether oxygens (including phenoxy) is 1. The molecule has 158 valence electrons. The van der Waals surface area contributed by atoms with Crippen molar-refractivity contribution in [1.29, 1.82) is 5.26 Å². The van der Waals surface area contributed by atoms with Gasteiger partial charge in [-0.1, -0.05) is 6.07 Å². The van der Waals surface area contributed by atoms with Crippen LogP contribution in [0.1, 0.15) is 31.2 Å². The van der Waals surface area contributed by atoms with Gasteiger partial charge in [0.05, 0.1) is 11.3 Å². The summed E-state index contributed by atoms with van der Waals surface area (Å²) in [5.74, 6) is 0.146. The van der Waals surface area contributed by atoms with Crippen LogP contribution in [-0.4, -0.2) is 41.9 Å². The third-order valence-corrected chi connectivity index (χ3v) is 5.98. The fourth-order valence-corrected chi connectivity index (χ4v) is 4.09. The smallest absolute Gasteiger partial charge is 0.293 e. The lowest BCUT2D eigenvalue weighted by molar-refractivity contribution is 0.0609. The van der Waals surface area contributed by atoms with Crippen molar-refractivity contribution in [3.05, 3.63) is 46.1 Å². The summed E-state index contributed by atoms with van der Waals surface area (Å²) < 4.78 is 21.4. The molecule has 7 nitrogen and oxygen atoms in total. The number of piperidine rings is 1. The van der Waals surface area contributed by atoms with Crippen molar-refractivity contribution >= 4 is 5.82 Å². The lowest BCUT2D eigenvalue weighted by Crippen LogP contribution is -2.43. The van der Waals surface area contributed by atoms with Crippen LogP contribution in [0.2, 0.25) is 0 Å². The van der Waals surface area contributed by atoms with Crippen molar-refractivity contribution in [2.45, 2.75) is 38.3 Å². The first-order valence-electron chi connectivity index (χ1n) is 10.4. The van der Waals surface area contributed by atoms with Crippen LogP contribution in [0, 0.1) is 23.1 Å². The van der Waals surface area contributed by atoms with Gasteiger partial charge in [0, 0.05) is 50.7 Å². The quantitative estimate of drug-likeness (QED) is 0.829. The second-order valence-corrected chi connectivity index (χ2v) is 8.09. The van der Waals surface area contributed by atoms with Gasteiger partial charge in [-0.25, -0.2) is 9.37 Å². The maximum atomic E-state index is 14.2. The normalized spacial score (nSPS) is 18.4. The Morgan fingerprint density at radius 3 is 2.63 bits per heavy atom.